The van der Waals surface area contributed by atoms with Crippen LogP contribution in [0.4, 0.5) is 0 Å². The highest BCUT2D eigenvalue weighted by molar-refractivity contribution is 5.78. The number of amides is 1. The lowest BCUT2D eigenvalue weighted by molar-refractivity contribution is -0.133. The molecule has 1 aromatic carbocycles. The molecule has 0 aliphatic rings. The molecule has 2 rings (SSSR count). The van der Waals surface area contributed by atoms with Gasteiger partial charge in [0, 0.05) is 13.1 Å². The van der Waals surface area contributed by atoms with Crippen LogP contribution in [0.25, 0.3) is 0 Å². The van der Waals surface area contributed by atoms with Gasteiger partial charge in [0.25, 0.3) is 0 Å². The first-order chi connectivity index (χ1) is 12.1. The maximum atomic E-state index is 12.6. The molecule has 0 spiro atoms. The van der Waals surface area contributed by atoms with Crippen molar-refractivity contribution in [3.8, 4) is 6.07 Å². The lowest BCUT2D eigenvalue weighted by atomic mass is 10.1. The van der Waals surface area contributed by atoms with Crippen molar-refractivity contribution in [1.82, 2.24) is 9.80 Å². The van der Waals surface area contributed by atoms with Crippen LogP contribution in [0, 0.1) is 11.3 Å². The smallest absolute Gasteiger partial charge is 0.237 e. The Balaban J connectivity index is 1.92. The summed E-state index contributed by atoms with van der Waals surface area (Å²) in [6, 6.07) is 14.2. The summed E-state index contributed by atoms with van der Waals surface area (Å²) in [4.78, 5) is 16.3. The second-order valence-corrected chi connectivity index (χ2v) is 6.15. The standard InChI is InChI=1S/C20H25N3O2/c1-3-17-7-9-18(10-8-17)14-22(2)16-20(24)23(12-5-11-21)15-19-6-4-13-25-19/h4,6-10,13H,3,5,12,14-16H2,1-2H3. The van der Waals surface area contributed by atoms with Gasteiger partial charge in [0.2, 0.25) is 5.91 Å². The third-order valence-electron chi connectivity index (χ3n) is 4.06. The molecule has 25 heavy (non-hydrogen) atoms. The number of hydrogen-bond donors (Lipinski definition) is 0. The van der Waals surface area contributed by atoms with Crippen LogP contribution < -0.4 is 0 Å². The predicted molar refractivity (Wildman–Crippen MR) is 96.5 cm³/mol. The van der Waals surface area contributed by atoms with Gasteiger partial charge in [0.1, 0.15) is 5.76 Å². The number of furan rings is 1. The van der Waals surface area contributed by atoms with Gasteiger partial charge < -0.3 is 9.32 Å². The van der Waals surface area contributed by atoms with E-state index in [-0.39, 0.29) is 5.91 Å². The van der Waals surface area contributed by atoms with E-state index < -0.39 is 0 Å². The molecule has 5 heteroatoms. The van der Waals surface area contributed by atoms with Gasteiger partial charge >= 0.3 is 0 Å². The van der Waals surface area contributed by atoms with Crippen molar-refractivity contribution in [2.24, 2.45) is 0 Å². The van der Waals surface area contributed by atoms with Crippen LogP contribution in [0.3, 0.4) is 0 Å². The highest BCUT2D eigenvalue weighted by atomic mass is 16.3. The Morgan fingerprint density at radius 3 is 2.48 bits per heavy atom. The first-order valence-corrected chi connectivity index (χ1v) is 8.55. The summed E-state index contributed by atoms with van der Waals surface area (Å²) in [6.45, 7) is 3.96. The Labute approximate surface area is 149 Å². The predicted octanol–water partition coefficient (Wildman–Crippen LogP) is 3.22. The molecular formula is C20H25N3O2. The minimum atomic E-state index is -0.000622. The Kier molecular flexibility index (Phi) is 7.24. The third kappa shape index (κ3) is 6.09. The van der Waals surface area contributed by atoms with Crippen molar-refractivity contribution in [3.63, 3.8) is 0 Å². The maximum absolute atomic E-state index is 12.6. The van der Waals surface area contributed by atoms with Crippen molar-refractivity contribution in [1.29, 1.82) is 5.26 Å². The highest BCUT2D eigenvalue weighted by Crippen LogP contribution is 2.10. The SMILES string of the molecule is CCc1ccc(CN(C)CC(=O)N(CCC#N)Cc2ccco2)cc1. The molecule has 0 bridgehead atoms. The van der Waals surface area contributed by atoms with Crippen LogP contribution >= 0.6 is 0 Å². The number of nitriles is 1. The maximum Gasteiger partial charge on any atom is 0.237 e. The first-order valence-electron chi connectivity index (χ1n) is 8.55. The molecule has 0 aliphatic heterocycles. The number of nitrogens with zero attached hydrogens (tertiary/aromatic N) is 3. The van der Waals surface area contributed by atoms with Gasteiger partial charge in [-0.1, -0.05) is 31.2 Å². The van der Waals surface area contributed by atoms with Gasteiger partial charge in [0.15, 0.2) is 0 Å². The Morgan fingerprint density at radius 1 is 1.16 bits per heavy atom. The van der Waals surface area contributed by atoms with Crippen LogP contribution in [-0.2, 0) is 24.3 Å². The molecule has 5 nitrogen and oxygen atoms in total. The Bertz CT molecular complexity index is 687. The van der Waals surface area contributed by atoms with E-state index in [9.17, 15) is 4.79 Å². The van der Waals surface area contributed by atoms with E-state index in [1.165, 1.54) is 11.1 Å². The van der Waals surface area contributed by atoms with Crippen molar-refractivity contribution < 1.29 is 9.21 Å². The van der Waals surface area contributed by atoms with Crippen molar-refractivity contribution in [2.75, 3.05) is 20.1 Å². The molecule has 0 aliphatic carbocycles. The van der Waals surface area contributed by atoms with Gasteiger partial charge in [-0.3, -0.25) is 9.69 Å². The van der Waals surface area contributed by atoms with E-state index in [0.29, 0.717) is 32.6 Å². The lowest BCUT2D eigenvalue weighted by Crippen LogP contribution is -2.38. The van der Waals surface area contributed by atoms with Gasteiger partial charge in [-0.25, -0.2) is 0 Å². The quantitative estimate of drug-likeness (QED) is 0.704. The van der Waals surface area contributed by atoms with Crippen LogP contribution in [0.1, 0.15) is 30.2 Å². The minimum Gasteiger partial charge on any atom is -0.467 e. The minimum absolute atomic E-state index is 0.000622. The van der Waals surface area contributed by atoms with Crippen molar-refractivity contribution >= 4 is 5.91 Å². The largest absolute Gasteiger partial charge is 0.467 e. The first kappa shape index (κ1) is 18.8. The molecule has 0 saturated heterocycles. The summed E-state index contributed by atoms with van der Waals surface area (Å²) in [5.74, 6) is 0.725. The van der Waals surface area contributed by atoms with Crippen LogP contribution in [0.2, 0.25) is 0 Å². The zero-order valence-corrected chi connectivity index (χ0v) is 14.9. The summed E-state index contributed by atoms with van der Waals surface area (Å²) < 4.78 is 5.33. The summed E-state index contributed by atoms with van der Waals surface area (Å²) in [7, 11) is 1.93. The Hall–Kier alpha value is -2.58. The normalized spacial score (nSPS) is 10.6. The molecule has 1 aromatic heterocycles. The Morgan fingerprint density at radius 2 is 1.88 bits per heavy atom. The van der Waals surface area contributed by atoms with Crippen LogP contribution in [0.5, 0.6) is 0 Å². The summed E-state index contributed by atoms with van der Waals surface area (Å²) in [5.41, 5.74) is 2.49. The molecule has 0 atom stereocenters. The number of rotatable bonds is 9. The van der Waals surface area contributed by atoms with E-state index in [1.54, 1.807) is 17.2 Å². The van der Waals surface area contributed by atoms with Gasteiger partial charge in [-0.05, 0) is 36.7 Å². The molecule has 0 radical (unpaired) electrons. The third-order valence-corrected chi connectivity index (χ3v) is 4.06. The fourth-order valence-electron chi connectivity index (χ4n) is 2.65. The average Bonchev–Trinajstić information content (AvgIpc) is 3.12. The van der Waals surface area contributed by atoms with E-state index in [0.717, 1.165) is 12.2 Å². The summed E-state index contributed by atoms with van der Waals surface area (Å²) >= 11 is 0. The van der Waals surface area contributed by atoms with Gasteiger partial charge in [-0.15, -0.1) is 0 Å². The van der Waals surface area contributed by atoms with Crippen molar-refractivity contribution in [3.05, 3.63) is 59.5 Å². The molecule has 0 saturated carbocycles. The zero-order chi connectivity index (χ0) is 18.1. The fourth-order valence-corrected chi connectivity index (χ4v) is 2.65. The van der Waals surface area contributed by atoms with Gasteiger partial charge in [0.05, 0.1) is 31.8 Å². The second-order valence-electron chi connectivity index (χ2n) is 6.15. The van der Waals surface area contributed by atoms with E-state index in [2.05, 4.69) is 37.3 Å². The zero-order valence-electron chi connectivity index (χ0n) is 14.9. The number of likely N-dealkylation sites (N-methyl/N-ethyl adjacent to an activating group) is 1. The van der Waals surface area contributed by atoms with Crippen LogP contribution in [0.15, 0.2) is 47.1 Å². The molecule has 0 fully saturated rings. The number of benzene rings is 1. The number of hydrogen-bond acceptors (Lipinski definition) is 4. The summed E-state index contributed by atoms with van der Waals surface area (Å²) in [5, 5.41) is 8.82. The molecule has 0 N–H and O–H groups in total. The molecular weight excluding hydrogens is 314 g/mol. The number of aryl methyl sites for hydroxylation is 1. The summed E-state index contributed by atoms with van der Waals surface area (Å²) in [6.07, 6.45) is 2.93. The molecule has 2 aromatic rings. The fraction of sp³-hybridized carbons (Fsp3) is 0.400. The average molecular weight is 339 g/mol. The van der Waals surface area contributed by atoms with Crippen LogP contribution in [-0.4, -0.2) is 35.8 Å². The molecule has 0 unspecified atom stereocenters. The molecule has 1 heterocycles. The van der Waals surface area contributed by atoms with E-state index in [4.69, 9.17) is 9.68 Å². The lowest BCUT2D eigenvalue weighted by Gasteiger charge is -2.24. The van der Waals surface area contributed by atoms with Crippen molar-refractivity contribution in [2.45, 2.75) is 32.9 Å². The number of carbonyl (C=O) groups excluding carboxylic acids is 1. The molecule has 1 amide bonds. The monoisotopic (exact) mass is 339 g/mol. The van der Waals surface area contributed by atoms with E-state index in [1.807, 2.05) is 18.0 Å². The van der Waals surface area contributed by atoms with E-state index >= 15 is 0 Å². The highest BCUT2D eigenvalue weighted by Gasteiger charge is 2.17. The number of carbonyl (C=O) groups is 1. The molecule has 132 valence electrons. The van der Waals surface area contributed by atoms with Gasteiger partial charge in [-0.2, -0.15) is 5.26 Å². The topological polar surface area (TPSA) is 60.5 Å². The second kappa shape index (κ2) is 9.65.